The van der Waals surface area contributed by atoms with Gasteiger partial charge >= 0.3 is 6.03 Å². The summed E-state index contributed by atoms with van der Waals surface area (Å²) in [4.78, 5) is 41.5. The maximum atomic E-state index is 13.7. The van der Waals surface area contributed by atoms with Crippen LogP contribution in [0.3, 0.4) is 0 Å². The highest BCUT2D eigenvalue weighted by Crippen LogP contribution is 2.36. The zero-order valence-electron chi connectivity index (χ0n) is 19.0. The lowest BCUT2D eigenvalue weighted by Crippen LogP contribution is -2.50. The zero-order chi connectivity index (χ0) is 22.9. The van der Waals surface area contributed by atoms with E-state index in [0.29, 0.717) is 56.8 Å². The number of rotatable bonds is 5. The second kappa shape index (κ2) is 9.17. The topological polar surface area (TPSA) is 81.8 Å². The minimum atomic E-state index is -0.711. The van der Waals surface area contributed by atoms with E-state index >= 15 is 0 Å². The summed E-state index contributed by atoms with van der Waals surface area (Å²) in [6.07, 6.45) is 4.66. The number of hydrogen-bond donors (Lipinski definition) is 2. The number of hydrogen-bond acceptors (Lipinski definition) is 4. The van der Waals surface area contributed by atoms with Crippen LogP contribution in [0.4, 0.5) is 9.18 Å². The molecule has 2 heterocycles. The Bertz CT molecular complexity index is 889. The highest BCUT2D eigenvalue weighted by molar-refractivity contribution is 6.07. The van der Waals surface area contributed by atoms with Crippen molar-refractivity contribution in [2.75, 3.05) is 19.8 Å². The lowest BCUT2D eigenvalue weighted by atomic mass is 9.77. The molecule has 8 heteroatoms. The third kappa shape index (κ3) is 4.65. The van der Waals surface area contributed by atoms with E-state index in [-0.39, 0.29) is 36.2 Å². The molecule has 1 aromatic rings. The van der Waals surface area contributed by atoms with Gasteiger partial charge in [-0.1, -0.05) is 19.1 Å². The van der Waals surface area contributed by atoms with Crippen molar-refractivity contribution >= 4 is 17.8 Å². The van der Waals surface area contributed by atoms with Gasteiger partial charge in [0.1, 0.15) is 11.4 Å². The number of benzene rings is 1. The molecule has 0 atom stereocenters. The van der Waals surface area contributed by atoms with E-state index in [1.54, 1.807) is 13.0 Å². The molecule has 2 N–H and O–H groups in total. The maximum Gasteiger partial charge on any atom is 0.326 e. The molecule has 1 spiro atoms. The number of halogens is 1. The molecule has 4 amide bonds. The Hall–Kier alpha value is -2.48. The molecule has 0 radical (unpaired) electrons. The third-order valence-corrected chi connectivity index (χ3v) is 7.38. The molecular formula is C24H33FN4O3. The van der Waals surface area contributed by atoms with Gasteiger partial charge in [0.15, 0.2) is 0 Å². The summed E-state index contributed by atoms with van der Waals surface area (Å²) in [5, 5.41) is 5.87. The van der Waals surface area contributed by atoms with Crippen LogP contribution in [-0.4, -0.2) is 52.9 Å². The van der Waals surface area contributed by atoms with Gasteiger partial charge < -0.3 is 10.6 Å². The Morgan fingerprint density at radius 3 is 2.53 bits per heavy atom. The van der Waals surface area contributed by atoms with E-state index in [4.69, 9.17) is 0 Å². The first kappa shape index (κ1) is 22.7. The van der Waals surface area contributed by atoms with Gasteiger partial charge in [-0.05, 0) is 68.6 Å². The van der Waals surface area contributed by atoms with Crippen LogP contribution in [0.15, 0.2) is 18.2 Å². The summed E-state index contributed by atoms with van der Waals surface area (Å²) in [5.74, 6) is 0.0796. The van der Waals surface area contributed by atoms with Crippen molar-refractivity contribution in [1.29, 1.82) is 0 Å². The number of likely N-dealkylation sites (tertiary alicyclic amines) is 1. The van der Waals surface area contributed by atoms with Crippen LogP contribution in [0, 0.1) is 24.6 Å². The maximum absolute atomic E-state index is 13.7. The number of carbonyl (C=O) groups is 3. The Balaban J connectivity index is 1.25. The fourth-order valence-corrected chi connectivity index (χ4v) is 5.01. The SMILES string of the molecule is Cc1ccc(CNC(=O)C2CCN(CN3C(=O)NC4(CCC(C)CC4)C3=O)CC2)cc1F. The zero-order valence-corrected chi connectivity index (χ0v) is 19.0. The lowest BCUT2D eigenvalue weighted by Gasteiger charge is -2.35. The molecule has 2 aliphatic heterocycles. The van der Waals surface area contributed by atoms with Crippen LogP contribution in [0.1, 0.15) is 56.6 Å². The number of amides is 4. The quantitative estimate of drug-likeness (QED) is 0.685. The van der Waals surface area contributed by atoms with E-state index < -0.39 is 5.54 Å². The molecule has 1 saturated carbocycles. The van der Waals surface area contributed by atoms with Crippen molar-refractivity contribution in [3.63, 3.8) is 0 Å². The number of aryl methyl sites for hydroxylation is 1. The summed E-state index contributed by atoms with van der Waals surface area (Å²) < 4.78 is 13.7. The number of piperidine rings is 1. The molecule has 3 fully saturated rings. The van der Waals surface area contributed by atoms with Gasteiger partial charge in [-0.3, -0.25) is 14.5 Å². The minimum Gasteiger partial charge on any atom is -0.352 e. The molecule has 3 aliphatic rings. The lowest BCUT2D eigenvalue weighted by molar-refractivity contribution is -0.135. The van der Waals surface area contributed by atoms with E-state index in [1.807, 2.05) is 6.07 Å². The van der Waals surface area contributed by atoms with Gasteiger partial charge in [0.05, 0.1) is 6.67 Å². The van der Waals surface area contributed by atoms with E-state index in [2.05, 4.69) is 22.5 Å². The molecule has 0 unspecified atom stereocenters. The summed E-state index contributed by atoms with van der Waals surface area (Å²) >= 11 is 0. The molecule has 4 rings (SSSR count). The summed E-state index contributed by atoms with van der Waals surface area (Å²) in [5.41, 5.74) is 0.613. The molecule has 2 saturated heterocycles. The Labute approximate surface area is 188 Å². The first-order valence-electron chi connectivity index (χ1n) is 11.7. The molecule has 0 aromatic heterocycles. The molecule has 7 nitrogen and oxygen atoms in total. The van der Waals surface area contributed by atoms with Gasteiger partial charge in [-0.15, -0.1) is 0 Å². The van der Waals surface area contributed by atoms with Gasteiger partial charge in [-0.2, -0.15) is 0 Å². The smallest absolute Gasteiger partial charge is 0.326 e. The average Bonchev–Trinajstić information content (AvgIpc) is 3.01. The Kier molecular flexibility index (Phi) is 6.51. The van der Waals surface area contributed by atoms with Gasteiger partial charge in [-0.25, -0.2) is 14.1 Å². The van der Waals surface area contributed by atoms with Crippen molar-refractivity contribution < 1.29 is 18.8 Å². The van der Waals surface area contributed by atoms with E-state index in [1.165, 1.54) is 11.0 Å². The van der Waals surface area contributed by atoms with Crippen molar-refractivity contribution in [2.24, 2.45) is 11.8 Å². The first-order valence-corrected chi connectivity index (χ1v) is 11.7. The van der Waals surface area contributed by atoms with Gasteiger partial charge in [0, 0.05) is 25.6 Å². The van der Waals surface area contributed by atoms with E-state index in [0.717, 1.165) is 18.4 Å². The predicted molar refractivity (Wildman–Crippen MR) is 118 cm³/mol. The van der Waals surface area contributed by atoms with Crippen LogP contribution in [0.5, 0.6) is 0 Å². The van der Waals surface area contributed by atoms with Crippen molar-refractivity contribution in [2.45, 2.75) is 64.5 Å². The molecule has 0 bridgehead atoms. The van der Waals surface area contributed by atoms with Crippen molar-refractivity contribution in [3.05, 3.63) is 35.1 Å². The standard InChI is InChI=1S/C24H33FN4O3/c1-16-5-9-24(10-6-16)22(31)29(23(32)27-24)15-28-11-7-19(8-12-28)21(30)26-14-18-4-3-17(2)20(25)13-18/h3-4,13,16,19H,5-12,14-15H2,1-2H3,(H,26,30)(H,27,32). The summed E-state index contributed by atoms with van der Waals surface area (Å²) in [7, 11) is 0. The molecule has 174 valence electrons. The fourth-order valence-electron chi connectivity index (χ4n) is 5.01. The normalized spacial score (nSPS) is 27.1. The fraction of sp³-hybridized carbons (Fsp3) is 0.625. The Morgan fingerprint density at radius 1 is 1.19 bits per heavy atom. The minimum absolute atomic E-state index is 0.0316. The molecule has 1 aromatic carbocycles. The third-order valence-electron chi connectivity index (χ3n) is 7.38. The highest BCUT2D eigenvalue weighted by Gasteiger charge is 2.52. The second-order valence-corrected chi connectivity index (χ2v) is 9.76. The van der Waals surface area contributed by atoms with Crippen LogP contribution in [-0.2, 0) is 16.1 Å². The van der Waals surface area contributed by atoms with Crippen molar-refractivity contribution in [1.82, 2.24) is 20.4 Å². The molecular weight excluding hydrogens is 411 g/mol. The highest BCUT2D eigenvalue weighted by atomic mass is 19.1. The number of carbonyl (C=O) groups excluding carboxylic acids is 3. The van der Waals surface area contributed by atoms with E-state index in [9.17, 15) is 18.8 Å². The van der Waals surface area contributed by atoms with Crippen LogP contribution < -0.4 is 10.6 Å². The number of imide groups is 1. The van der Waals surface area contributed by atoms with Crippen LogP contribution in [0.25, 0.3) is 0 Å². The average molecular weight is 445 g/mol. The first-order chi connectivity index (χ1) is 15.3. The Morgan fingerprint density at radius 2 is 1.88 bits per heavy atom. The number of urea groups is 1. The monoisotopic (exact) mass is 444 g/mol. The molecule has 1 aliphatic carbocycles. The van der Waals surface area contributed by atoms with Crippen LogP contribution in [0.2, 0.25) is 0 Å². The number of nitrogens with zero attached hydrogens (tertiary/aromatic N) is 2. The van der Waals surface area contributed by atoms with Crippen molar-refractivity contribution in [3.8, 4) is 0 Å². The van der Waals surface area contributed by atoms with Gasteiger partial charge in [0.2, 0.25) is 5.91 Å². The predicted octanol–water partition coefficient (Wildman–Crippen LogP) is 2.92. The number of nitrogens with one attached hydrogen (secondary N) is 2. The second-order valence-electron chi connectivity index (χ2n) is 9.76. The summed E-state index contributed by atoms with van der Waals surface area (Å²) in [6.45, 7) is 5.78. The van der Waals surface area contributed by atoms with Gasteiger partial charge in [0.25, 0.3) is 5.91 Å². The van der Waals surface area contributed by atoms with Crippen LogP contribution >= 0.6 is 0 Å². The summed E-state index contributed by atoms with van der Waals surface area (Å²) in [6, 6.07) is 4.69. The largest absolute Gasteiger partial charge is 0.352 e. The molecule has 32 heavy (non-hydrogen) atoms.